The minimum Gasteiger partial charge on any atom is -0.394 e. The van der Waals surface area contributed by atoms with Gasteiger partial charge in [-0.2, -0.15) is 10.2 Å². The van der Waals surface area contributed by atoms with E-state index in [0.717, 1.165) is 0 Å². The van der Waals surface area contributed by atoms with Gasteiger partial charge in [-0.1, -0.05) is 48.6 Å². The molecular formula is C60H97N27O20. The van der Waals surface area contributed by atoms with Crippen LogP contribution in [-0.4, -0.2) is 330 Å². The minimum atomic E-state index is -1.03. The smallest absolute Gasteiger partial charge is 0.108 e. The van der Waals surface area contributed by atoms with E-state index in [1.54, 1.807) is 68.3 Å². The van der Waals surface area contributed by atoms with Gasteiger partial charge < -0.3 is 104 Å². The molecule has 47 heteroatoms. The summed E-state index contributed by atoms with van der Waals surface area (Å²) in [5.41, 5.74) is 4.23. The molecule has 0 aliphatic carbocycles. The zero-order valence-electron chi connectivity index (χ0n) is 59.4. The molecule has 8 aromatic rings. The van der Waals surface area contributed by atoms with E-state index in [-0.39, 0.29) is 151 Å². The highest BCUT2D eigenvalue weighted by atomic mass is 16.6. The van der Waals surface area contributed by atoms with Crippen LogP contribution in [0.5, 0.6) is 0 Å². The lowest BCUT2D eigenvalue weighted by Gasteiger charge is -2.18. The molecule has 107 heavy (non-hydrogen) atoms. The van der Waals surface area contributed by atoms with Gasteiger partial charge >= 0.3 is 0 Å². The molecule has 12 N–H and O–H groups in total. The van der Waals surface area contributed by atoms with E-state index in [1.807, 2.05) is 6.92 Å². The van der Waals surface area contributed by atoms with Crippen LogP contribution in [-0.2, 0) is 148 Å². The Morgan fingerprint density at radius 2 is 0.664 bits per heavy atom. The molecule has 0 amide bonds. The quantitative estimate of drug-likeness (QED) is 0.0158. The maximum atomic E-state index is 10.1. The number of aliphatic hydroxyl groups is 11. The molecule has 0 aliphatic rings. The Kier molecular flexibility index (Phi) is 36.6. The molecule has 0 saturated carbocycles. The summed E-state index contributed by atoms with van der Waals surface area (Å²) in [5, 5.41) is 184. The van der Waals surface area contributed by atoms with Gasteiger partial charge in [0.25, 0.3) is 0 Å². The maximum absolute atomic E-state index is 10.1. The maximum Gasteiger partial charge on any atom is 0.108 e. The van der Waals surface area contributed by atoms with Gasteiger partial charge in [0.2, 0.25) is 0 Å². The first kappa shape index (κ1) is 84.1. The van der Waals surface area contributed by atoms with Crippen molar-refractivity contribution in [3.8, 4) is 0 Å². The van der Waals surface area contributed by atoms with Gasteiger partial charge in [-0.15, -0.1) is 40.8 Å². The molecule has 10 atom stereocenters. The monoisotopic (exact) mass is 1520 g/mol. The zero-order valence-corrected chi connectivity index (χ0v) is 59.4. The Bertz CT molecular complexity index is 3690. The van der Waals surface area contributed by atoms with Crippen molar-refractivity contribution >= 4 is 0 Å². The lowest BCUT2D eigenvalue weighted by molar-refractivity contribution is -0.0744. The standard InChI is InChI=1S/C60H97N27O20/c1-3-51(93)16-81-9-44(65-73-81)30-101-39-59(106-35-49-14-84(76-70-49)20-56(98)28-92)23-86-13-48(69-78-86)33-103-41-60(40-102-32-47-12-85(77-68-47)22-58(105-34-43(63-61-2)6-62-7-52(94)24-88)38-100-31-46-11-83(75-67-46)19-55(97)27-91)107-36-50-15-87(79-71-50)21-57(37-99-29-45-10-82(74-66-45)18-54(96)26-90)104-5-4-42-8-80(72-64-42)17-53(95)25-89/h6,8-15,51-60,62,88-98H,3-5,7,16-41H2,1-2H3/b43-6-,63-61-. The van der Waals surface area contributed by atoms with Crippen LogP contribution >= 0.6 is 0 Å². The fourth-order valence-corrected chi connectivity index (χ4v) is 9.69. The fourth-order valence-electron chi connectivity index (χ4n) is 9.69. The number of aliphatic hydroxyl groups excluding tert-OH is 11. The number of hydrogen-bond donors (Lipinski definition) is 12. The van der Waals surface area contributed by atoms with Gasteiger partial charge in [-0.3, -0.25) is 0 Å². The highest BCUT2D eigenvalue weighted by Crippen LogP contribution is 2.14. The molecule has 8 aromatic heterocycles. The van der Waals surface area contributed by atoms with Gasteiger partial charge in [0.05, 0.1) is 264 Å². The summed E-state index contributed by atoms with van der Waals surface area (Å²) in [6.07, 6.45) is 7.30. The van der Waals surface area contributed by atoms with Crippen molar-refractivity contribution in [2.24, 2.45) is 10.2 Å². The van der Waals surface area contributed by atoms with Crippen LogP contribution in [0.25, 0.3) is 0 Å². The SMILES string of the molecule is CCC(O)Cn1cc(COCC(Cn2cc(COCC(COCc3cn(CC(COCc4cn(CC(O)CO)nn4)OCC(=C/NCC(O)CO)/N=N\C)nn3)OCc3cn(CC(COCc4cn(CC(O)CO)nn4)OCCc4cn(CC(O)CO)nn4)nn3)nn2)OCc2cn(CC(O)CO)nn2)nn1. The number of nitrogens with zero attached hydrogens (tertiary/aromatic N) is 26. The van der Waals surface area contributed by atoms with Gasteiger partial charge in [0.15, 0.2) is 0 Å². The molecule has 0 saturated heterocycles. The van der Waals surface area contributed by atoms with E-state index < -0.39 is 94.1 Å². The minimum absolute atomic E-state index is 0.0119. The first-order valence-electron chi connectivity index (χ1n) is 34.4. The van der Waals surface area contributed by atoms with E-state index in [0.29, 0.717) is 64.1 Å². The van der Waals surface area contributed by atoms with Gasteiger partial charge in [-0.25, -0.2) is 37.5 Å². The van der Waals surface area contributed by atoms with Crippen molar-refractivity contribution < 1.29 is 98.8 Å². The zero-order chi connectivity index (χ0) is 76.0. The van der Waals surface area contributed by atoms with Crippen LogP contribution in [0.3, 0.4) is 0 Å². The predicted octanol–water partition coefficient (Wildman–Crippen LogP) is -6.96. The largest absolute Gasteiger partial charge is 0.394 e. The summed E-state index contributed by atoms with van der Waals surface area (Å²) < 4.78 is 67.6. The molecule has 0 radical (unpaired) electrons. The van der Waals surface area contributed by atoms with E-state index in [4.69, 9.17) is 42.6 Å². The van der Waals surface area contributed by atoms with Crippen molar-refractivity contribution in [1.29, 1.82) is 0 Å². The van der Waals surface area contributed by atoms with E-state index in [1.165, 1.54) is 32.0 Å². The molecule has 8 heterocycles. The number of ether oxygens (including phenoxy) is 9. The Balaban J connectivity index is 0.924. The topological polar surface area (TPSA) is 588 Å². The van der Waals surface area contributed by atoms with E-state index in [2.05, 4.69) is 98.0 Å². The summed E-state index contributed by atoms with van der Waals surface area (Å²) >= 11 is 0. The number of azo groups is 1. The lowest BCUT2D eigenvalue weighted by atomic mass is 10.3. The number of rotatable bonds is 59. The molecular weight excluding hydrogens is 1420 g/mol. The fraction of sp³-hybridized carbons (Fsp3) is 0.700. The molecule has 10 unspecified atom stereocenters. The second-order valence-corrected chi connectivity index (χ2v) is 24.7. The van der Waals surface area contributed by atoms with Crippen molar-refractivity contribution in [3.63, 3.8) is 0 Å². The summed E-state index contributed by atoms with van der Waals surface area (Å²) in [4.78, 5) is 0. The third-order valence-corrected chi connectivity index (χ3v) is 15.1. The van der Waals surface area contributed by atoms with Crippen LogP contribution in [0.2, 0.25) is 0 Å². The van der Waals surface area contributed by atoms with Crippen LogP contribution in [0, 0.1) is 0 Å². The molecule has 0 bridgehead atoms. The van der Waals surface area contributed by atoms with Crippen molar-refractivity contribution in [2.75, 3.05) is 92.9 Å². The number of hydrogen-bond acceptors (Lipinski definition) is 39. The molecule has 0 fully saturated rings. The summed E-state index contributed by atoms with van der Waals surface area (Å²) in [7, 11) is 1.49. The van der Waals surface area contributed by atoms with Crippen molar-refractivity contribution in [1.82, 2.24) is 125 Å². The second kappa shape index (κ2) is 46.6. The molecule has 0 aromatic carbocycles. The normalized spacial score (nSPS) is 15.1. The van der Waals surface area contributed by atoms with Crippen LogP contribution in [0.1, 0.15) is 58.9 Å². The molecule has 0 spiro atoms. The Labute approximate surface area is 611 Å². The second-order valence-electron chi connectivity index (χ2n) is 24.7. The first-order chi connectivity index (χ1) is 52.0. The third kappa shape index (κ3) is 31.7. The Morgan fingerprint density at radius 3 is 1.01 bits per heavy atom. The first-order valence-corrected chi connectivity index (χ1v) is 34.4. The number of nitrogens with one attached hydrogen (secondary N) is 1. The Morgan fingerprint density at radius 1 is 0.374 bits per heavy atom. The summed E-state index contributed by atoms with van der Waals surface area (Å²) in [6, 6.07) is 0. The van der Waals surface area contributed by atoms with E-state index in [9.17, 15) is 56.2 Å². The molecule has 592 valence electrons. The van der Waals surface area contributed by atoms with Crippen LogP contribution in [0.15, 0.2) is 71.7 Å². The average Bonchev–Trinajstić information content (AvgIpc) is 1.79. The highest BCUT2D eigenvalue weighted by Gasteiger charge is 2.22. The van der Waals surface area contributed by atoms with Gasteiger partial charge in [0.1, 0.15) is 70.0 Å². The molecule has 8 rings (SSSR count). The van der Waals surface area contributed by atoms with Gasteiger partial charge in [-0.05, 0) is 6.42 Å². The van der Waals surface area contributed by atoms with Crippen molar-refractivity contribution in [3.05, 3.63) is 107 Å². The van der Waals surface area contributed by atoms with Crippen LogP contribution < -0.4 is 5.32 Å². The highest BCUT2D eigenvalue weighted by molar-refractivity contribution is 5.00. The predicted molar refractivity (Wildman–Crippen MR) is 357 cm³/mol. The van der Waals surface area contributed by atoms with E-state index >= 15 is 0 Å². The van der Waals surface area contributed by atoms with Gasteiger partial charge in [0, 0.05) is 32.4 Å². The van der Waals surface area contributed by atoms with Crippen molar-refractivity contribution in [2.45, 2.75) is 179 Å². The molecule has 0 aliphatic heterocycles. The Hall–Kier alpha value is -8.54. The summed E-state index contributed by atoms with van der Waals surface area (Å²) in [5.74, 6) is 0. The van der Waals surface area contributed by atoms with Crippen LogP contribution in [0.4, 0.5) is 0 Å². The lowest BCUT2D eigenvalue weighted by Crippen LogP contribution is -2.28. The average molecular weight is 1520 g/mol. The molecule has 47 nitrogen and oxygen atoms in total. The number of aromatic nitrogens is 24. The third-order valence-electron chi connectivity index (χ3n) is 15.1. The summed E-state index contributed by atoms with van der Waals surface area (Å²) in [6.45, 7) is 0.927.